The van der Waals surface area contributed by atoms with Gasteiger partial charge in [0.05, 0.1) is 15.2 Å². The van der Waals surface area contributed by atoms with Crippen molar-refractivity contribution in [2.75, 3.05) is 7.11 Å². The van der Waals surface area contributed by atoms with Gasteiger partial charge in [-0.15, -0.1) is 0 Å². The maximum absolute atomic E-state index is 5.31. The fourth-order valence-electron chi connectivity index (χ4n) is 1.26. The smallest absolute Gasteiger partial charge is 0.118 e. The highest BCUT2D eigenvalue weighted by Crippen LogP contribution is 2.12. The molecule has 0 fully saturated rings. The SMILES string of the molecule is COc1ccccc1[Si](C)(C)C. The quantitative estimate of drug-likeness (QED) is 0.634. The van der Waals surface area contributed by atoms with Gasteiger partial charge in [0.2, 0.25) is 0 Å². The van der Waals surface area contributed by atoms with Crippen LogP contribution in [0.1, 0.15) is 0 Å². The van der Waals surface area contributed by atoms with Crippen LogP contribution in [0, 0.1) is 0 Å². The Kier molecular flexibility index (Phi) is 2.57. The van der Waals surface area contributed by atoms with E-state index in [9.17, 15) is 0 Å². The molecule has 1 aromatic carbocycles. The van der Waals surface area contributed by atoms with Crippen molar-refractivity contribution in [3.05, 3.63) is 24.3 Å². The summed E-state index contributed by atoms with van der Waals surface area (Å²) in [4.78, 5) is 0. The summed E-state index contributed by atoms with van der Waals surface area (Å²) < 4.78 is 5.31. The minimum atomic E-state index is -1.22. The number of para-hydroxylation sites is 1. The molecule has 1 aromatic rings. The van der Waals surface area contributed by atoms with E-state index in [2.05, 4.69) is 31.8 Å². The molecular weight excluding hydrogens is 164 g/mol. The summed E-state index contributed by atoms with van der Waals surface area (Å²) in [6.45, 7) is 6.97. The van der Waals surface area contributed by atoms with Crippen molar-refractivity contribution in [2.45, 2.75) is 19.6 Å². The zero-order chi connectivity index (χ0) is 9.19. The topological polar surface area (TPSA) is 9.23 Å². The van der Waals surface area contributed by atoms with Crippen LogP contribution in [-0.4, -0.2) is 15.2 Å². The average molecular weight is 180 g/mol. The fourth-order valence-corrected chi connectivity index (χ4v) is 2.79. The Balaban J connectivity index is 3.14. The van der Waals surface area contributed by atoms with Crippen LogP contribution >= 0.6 is 0 Å². The van der Waals surface area contributed by atoms with Gasteiger partial charge in [-0.2, -0.15) is 0 Å². The average Bonchev–Trinajstić information content (AvgIpc) is 2.03. The van der Waals surface area contributed by atoms with Crippen LogP contribution in [-0.2, 0) is 0 Å². The van der Waals surface area contributed by atoms with Gasteiger partial charge in [-0.1, -0.05) is 37.8 Å². The number of methoxy groups -OCH3 is 1. The largest absolute Gasteiger partial charge is 0.497 e. The van der Waals surface area contributed by atoms with Gasteiger partial charge in [0.1, 0.15) is 5.75 Å². The number of hydrogen-bond donors (Lipinski definition) is 0. The molecule has 0 aromatic heterocycles. The highest BCUT2D eigenvalue weighted by Gasteiger charge is 2.19. The lowest BCUT2D eigenvalue weighted by molar-refractivity contribution is 0.418. The maximum atomic E-state index is 5.31. The summed E-state index contributed by atoms with van der Waals surface area (Å²) >= 11 is 0. The van der Waals surface area contributed by atoms with E-state index in [-0.39, 0.29) is 0 Å². The molecule has 66 valence electrons. The third-order valence-electron chi connectivity index (χ3n) is 1.91. The van der Waals surface area contributed by atoms with E-state index in [1.54, 1.807) is 7.11 Å². The van der Waals surface area contributed by atoms with E-state index in [4.69, 9.17) is 4.74 Å². The monoisotopic (exact) mass is 180 g/mol. The predicted molar refractivity (Wildman–Crippen MR) is 56.0 cm³/mol. The van der Waals surface area contributed by atoms with Gasteiger partial charge in [0, 0.05) is 0 Å². The Hall–Kier alpha value is -0.763. The molecule has 0 radical (unpaired) electrons. The van der Waals surface area contributed by atoms with Gasteiger partial charge >= 0.3 is 0 Å². The van der Waals surface area contributed by atoms with E-state index >= 15 is 0 Å². The molecule has 0 aliphatic heterocycles. The number of rotatable bonds is 2. The van der Waals surface area contributed by atoms with E-state index in [1.807, 2.05) is 12.1 Å². The minimum Gasteiger partial charge on any atom is -0.497 e. The van der Waals surface area contributed by atoms with E-state index in [0.717, 1.165) is 5.75 Å². The van der Waals surface area contributed by atoms with E-state index in [1.165, 1.54) is 5.19 Å². The Bertz CT molecular complexity index is 263. The molecule has 0 N–H and O–H groups in total. The summed E-state index contributed by atoms with van der Waals surface area (Å²) in [5, 5.41) is 1.40. The minimum absolute atomic E-state index is 1.04. The summed E-state index contributed by atoms with van der Waals surface area (Å²) in [6.07, 6.45) is 0. The van der Waals surface area contributed by atoms with Crippen molar-refractivity contribution in [2.24, 2.45) is 0 Å². The van der Waals surface area contributed by atoms with Gasteiger partial charge in [-0.25, -0.2) is 0 Å². The van der Waals surface area contributed by atoms with Gasteiger partial charge < -0.3 is 4.74 Å². The van der Waals surface area contributed by atoms with Crippen LogP contribution in [0.2, 0.25) is 19.6 Å². The van der Waals surface area contributed by atoms with Crippen LogP contribution in [0.25, 0.3) is 0 Å². The van der Waals surface area contributed by atoms with Crippen LogP contribution in [0.4, 0.5) is 0 Å². The lowest BCUT2D eigenvalue weighted by Crippen LogP contribution is -2.38. The molecule has 0 heterocycles. The molecule has 0 spiro atoms. The first-order chi connectivity index (χ1) is 5.55. The normalized spacial score (nSPS) is 11.3. The van der Waals surface area contributed by atoms with E-state index < -0.39 is 8.07 Å². The van der Waals surface area contributed by atoms with Crippen LogP contribution in [0.3, 0.4) is 0 Å². The summed E-state index contributed by atoms with van der Waals surface area (Å²) in [5.74, 6) is 1.04. The highest BCUT2D eigenvalue weighted by molar-refractivity contribution is 6.89. The second kappa shape index (κ2) is 3.31. The molecular formula is C10H16OSi. The lowest BCUT2D eigenvalue weighted by atomic mass is 10.3. The second-order valence-corrected chi connectivity index (χ2v) is 8.99. The zero-order valence-corrected chi connectivity index (χ0v) is 9.22. The molecule has 1 rings (SSSR count). The number of hydrogen-bond acceptors (Lipinski definition) is 1. The standard InChI is InChI=1S/C10H16OSi/c1-11-9-7-5-6-8-10(9)12(2,3)4/h5-8H,1-4H3. The Labute approximate surface area is 75.4 Å². The first kappa shape index (κ1) is 9.33. The third kappa shape index (κ3) is 1.88. The molecule has 12 heavy (non-hydrogen) atoms. The molecule has 0 amide bonds. The van der Waals surface area contributed by atoms with Gasteiger partial charge in [-0.05, 0) is 11.3 Å². The van der Waals surface area contributed by atoms with Crippen LogP contribution in [0.15, 0.2) is 24.3 Å². The summed E-state index contributed by atoms with van der Waals surface area (Å²) in [6, 6.07) is 8.30. The highest BCUT2D eigenvalue weighted by atomic mass is 28.3. The predicted octanol–water partition coefficient (Wildman–Crippen LogP) is 2.24. The molecule has 0 saturated heterocycles. The van der Waals surface area contributed by atoms with Crippen molar-refractivity contribution in [3.63, 3.8) is 0 Å². The molecule has 2 heteroatoms. The summed E-state index contributed by atoms with van der Waals surface area (Å²) in [7, 11) is 0.511. The Morgan fingerprint density at radius 2 is 1.67 bits per heavy atom. The Morgan fingerprint density at radius 1 is 1.08 bits per heavy atom. The van der Waals surface area contributed by atoms with Crippen molar-refractivity contribution in [1.29, 1.82) is 0 Å². The van der Waals surface area contributed by atoms with Crippen molar-refractivity contribution in [1.82, 2.24) is 0 Å². The molecule has 0 unspecified atom stereocenters. The second-order valence-electron chi connectivity index (χ2n) is 3.95. The third-order valence-corrected chi connectivity index (χ3v) is 3.94. The van der Waals surface area contributed by atoms with Crippen LogP contribution in [0.5, 0.6) is 5.75 Å². The number of benzene rings is 1. The molecule has 0 aliphatic rings. The molecule has 1 nitrogen and oxygen atoms in total. The van der Waals surface area contributed by atoms with Crippen molar-refractivity contribution in [3.8, 4) is 5.75 Å². The first-order valence-corrected chi connectivity index (χ1v) is 7.69. The van der Waals surface area contributed by atoms with Crippen molar-refractivity contribution >= 4 is 13.3 Å². The zero-order valence-electron chi connectivity index (χ0n) is 8.22. The van der Waals surface area contributed by atoms with Gasteiger partial charge in [0.15, 0.2) is 0 Å². The fraction of sp³-hybridized carbons (Fsp3) is 0.400. The molecule has 0 bridgehead atoms. The van der Waals surface area contributed by atoms with Crippen LogP contribution < -0.4 is 9.92 Å². The first-order valence-electron chi connectivity index (χ1n) is 4.19. The van der Waals surface area contributed by atoms with Crippen molar-refractivity contribution < 1.29 is 4.74 Å². The lowest BCUT2D eigenvalue weighted by Gasteiger charge is -2.19. The maximum Gasteiger partial charge on any atom is 0.118 e. The number of ether oxygens (including phenoxy) is 1. The molecule has 0 saturated carbocycles. The molecule has 0 atom stereocenters. The Morgan fingerprint density at radius 3 is 2.08 bits per heavy atom. The summed E-state index contributed by atoms with van der Waals surface area (Å²) in [5.41, 5.74) is 0. The van der Waals surface area contributed by atoms with Gasteiger partial charge in [-0.3, -0.25) is 0 Å². The molecule has 0 aliphatic carbocycles. The van der Waals surface area contributed by atoms with Gasteiger partial charge in [0.25, 0.3) is 0 Å². The van der Waals surface area contributed by atoms with E-state index in [0.29, 0.717) is 0 Å².